The van der Waals surface area contributed by atoms with Crippen LogP contribution >= 0.6 is 11.6 Å². The number of nitrogens with zero attached hydrogens (tertiary/aromatic N) is 4. The molecule has 1 atom stereocenters. The van der Waals surface area contributed by atoms with Gasteiger partial charge < -0.3 is 4.74 Å². The topological polar surface area (TPSA) is 69.4 Å². The van der Waals surface area contributed by atoms with Gasteiger partial charge in [-0.25, -0.2) is 4.98 Å². The maximum atomic E-state index is 11.3. The minimum absolute atomic E-state index is 0.0535. The third-order valence-electron chi connectivity index (χ3n) is 1.90. The zero-order valence-corrected chi connectivity index (χ0v) is 11.1. The van der Waals surface area contributed by atoms with Gasteiger partial charge in [0.1, 0.15) is 5.52 Å². The minimum Gasteiger partial charge on any atom is -0.461 e. The number of rotatable bonds is 3. The smallest absolute Gasteiger partial charge is 0.320 e. The third kappa shape index (κ3) is 2.39. The van der Waals surface area contributed by atoms with Gasteiger partial charge in [-0.05, 0) is 13.8 Å². The minimum atomic E-state index is -1.27. The van der Waals surface area contributed by atoms with Crippen molar-refractivity contribution in [3.05, 3.63) is 11.3 Å². The summed E-state index contributed by atoms with van der Waals surface area (Å²) in [6.45, 7) is 3.74. The first-order valence-corrected chi connectivity index (χ1v) is 6.84. The molecule has 2 rings (SSSR count). The molecule has 0 saturated heterocycles. The quantitative estimate of drug-likeness (QED) is 0.844. The lowest BCUT2D eigenvalue weighted by atomic mass is 10.5. The Hall–Kier alpha value is -1.21. The van der Waals surface area contributed by atoms with Crippen LogP contribution in [0, 0.1) is 0 Å². The van der Waals surface area contributed by atoms with E-state index >= 15 is 0 Å². The average molecular weight is 275 g/mol. The van der Waals surface area contributed by atoms with Gasteiger partial charge in [-0.2, -0.15) is 9.50 Å². The summed E-state index contributed by atoms with van der Waals surface area (Å²) < 4.78 is 18.2. The van der Waals surface area contributed by atoms with Crippen LogP contribution in [0.2, 0.25) is 5.15 Å². The molecule has 2 heterocycles. The molecule has 0 saturated carbocycles. The van der Waals surface area contributed by atoms with E-state index in [9.17, 15) is 4.21 Å². The monoisotopic (exact) mass is 274 g/mol. The molecule has 92 valence electrons. The molecule has 2 aromatic heterocycles. The number of aromatic nitrogens is 4. The molecule has 0 N–H and O–H groups in total. The summed E-state index contributed by atoms with van der Waals surface area (Å²) in [6, 6.07) is 0.272. The SMILES string of the molecule is CC(C)Oc1nc(Cl)c2cnc(S(C)=O)nn12. The summed E-state index contributed by atoms with van der Waals surface area (Å²) in [5, 5.41) is 4.55. The van der Waals surface area contributed by atoms with Crippen LogP contribution in [-0.2, 0) is 10.8 Å². The van der Waals surface area contributed by atoms with E-state index in [1.54, 1.807) is 0 Å². The molecular weight excluding hydrogens is 264 g/mol. The third-order valence-corrected chi connectivity index (χ3v) is 2.88. The van der Waals surface area contributed by atoms with Gasteiger partial charge in [0.2, 0.25) is 5.16 Å². The second-order valence-electron chi connectivity index (χ2n) is 3.64. The fourth-order valence-corrected chi connectivity index (χ4v) is 1.83. The van der Waals surface area contributed by atoms with E-state index in [0.717, 1.165) is 0 Å². The molecule has 0 aromatic carbocycles. The fourth-order valence-electron chi connectivity index (χ4n) is 1.23. The first kappa shape index (κ1) is 12.3. The van der Waals surface area contributed by atoms with Gasteiger partial charge in [0.25, 0.3) is 0 Å². The second-order valence-corrected chi connectivity index (χ2v) is 5.28. The van der Waals surface area contributed by atoms with E-state index in [0.29, 0.717) is 5.52 Å². The largest absolute Gasteiger partial charge is 0.461 e. The summed E-state index contributed by atoms with van der Waals surface area (Å²) in [5.41, 5.74) is 0.525. The maximum Gasteiger partial charge on any atom is 0.320 e. The van der Waals surface area contributed by atoms with Crippen LogP contribution in [0.25, 0.3) is 5.52 Å². The zero-order valence-electron chi connectivity index (χ0n) is 9.55. The van der Waals surface area contributed by atoms with Crippen LogP contribution in [0.4, 0.5) is 0 Å². The number of fused-ring (bicyclic) bond motifs is 1. The average Bonchev–Trinajstić information content (AvgIpc) is 2.54. The van der Waals surface area contributed by atoms with Crippen LogP contribution in [0.5, 0.6) is 6.01 Å². The first-order valence-electron chi connectivity index (χ1n) is 4.90. The summed E-state index contributed by atoms with van der Waals surface area (Å²) in [7, 11) is -1.27. The predicted molar refractivity (Wildman–Crippen MR) is 63.9 cm³/mol. The molecule has 0 radical (unpaired) electrons. The lowest BCUT2D eigenvalue weighted by Crippen LogP contribution is -2.10. The Morgan fingerprint density at radius 3 is 2.82 bits per heavy atom. The molecule has 0 aliphatic rings. The Bertz CT molecular complexity index is 584. The van der Waals surface area contributed by atoms with Crippen molar-refractivity contribution in [3.8, 4) is 6.01 Å². The molecule has 6 nitrogen and oxygen atoms in total. The molecule has 0 fully saturated rings. The Balaban J connectivity index is 2.60. The van der Waals surface area contributed by atoms with Gasteiger partial charge in [-0.1, -0.05) is 11.6 Å². The Morgan fingerprint density at radius 2 is 2.24 bits per heavy atom. The van der Waals surface area contributed by atoms with Gasteiger partial charge in [-0.3, -0.25) is 4.21 Å². The standard InChI is InChI=1S/C9H11ClN4O2S/c1-5(2)16-9-12-7(10)6-4-11-8(17(3)15)13-14(6)9/h4-5H,1-3H3. The highest BCUT2D eigenvalue weighted by Gasteiger charge is 2.15. The molecule has 0 aliphatic heterocycles. The predicted octanol–water partition coefficient (Wildman–Crippen LogP) is 1.30. The molecule has 0 spiro atoms. The van der Waals surface area contributed by atoms with Crippen LogP contribution in [0.1, 0.15) is 13.8 Å². The van der Waals surface area contributed by atoms with Crippen molar-refractivity contribution in [3.63, 3.8) is 0 Å². The molecule has 0 aliphatic carbocycles. The van der Waals surface area contributed by atoms with Gasteiger partial charge in [0.15, 0.2) is 5.15 Å². The lowest BCUT2D eigenvalue weighted by molar-refractivity contribution is 0.217. The maximum absolute atomic E-state index is 11.3. The zero-order chi connectivity index (χ0) is 12.6. The molecule has 0 amide bonds. The summed E-state index contributed by atoms with van der Waals surface area (Å²) in [5.74, 6) is 0. The molecule has 1 unspecified atom stereocenters. The highest BCUT2D eigenvalue weighted by molar-refractivity contribution is 7.84. The van der Waals surface area contributed by atoms with Gasteiger partial charge in [0, 0.05) is 6.26 Å². The lowest BCUT2D eigenvalue weighted by Gasteiger charge is -2.06. The van der Waals surface area contributed by atoms with Crippen molar-refractivity contribution in [2.24, 2.45) is 0 Å². The van der Waals surface area contributed by atoms with Crippen molar-refractivity contribution < 1.29 is 8.95 Å². The number of halogens is 1. The Kier molecular flexibility index (Phi) is 3.30. The fraction of sp³-hybridized carbons (Fsp3) is 0.444. The van der Waals surface area contributed by atoms with E-state index in [1.807, 2.05) is 13.8 Å². The normalized spacial score (nSPS) is 13.2. The second kappa shape index (κ2) is 4.58. The van der Waals surface area contributed by atoms with Gasteiger partial charge in [-0.15, -0.1) is 5.10 Å². The van der Waals surface area contributed by atoms with E-state index in [1.165, 1.54) is 17.0 Å². The first-order chi connectivity index (χ1) is 7.99. The highest BCUT2D eigenvalue weighted by Crippen LogP contribution is 2.22. The van der Waals surface area contributed by atoms with E-state index in [4.69, 9.17) is 16.3 Å². The van der Waals surface area contributed by atoms with E-state index in [-0.39, 0.29) is 22.4 Å². The van der Waals surface area contributed by atoms with E-state index in [2.05, 4.69) is 15.1 Å². The highest BCUT2D eigenvalue weighted by atomic mass is 35.5. The molecule has 17 heavy (non-hydrogen) atoms. The van der Waals surface area contributed by atoms with Crippen LogP contribution in [0.15, 0.2) is 11.4 Å². The number of ether oxygens (including phenoxy) is 1. The van der Waals surface area contributed by atoms with E-state index < -0.39 is 10.8 Å². The van der Waals surface area contributed by atoms with Gasteiger partial charge >= 0.3 is 6.01 Å². The molecule has 8 heteroatoms. The number of hydrogen-bond donors (Lipinski definition) is 0. The van der Waals surface area contributed by atoms with Crippen molar-refractivity contribution in [2.75, 3.05) is 6.26 Å². The number of hydrogen-bond acceptors (Lipinski definition) is 5. The van der Waals surface area contributed by atoms with Crippen LogP contribution in [-0.4, -0.2) is 36.2 Å². The molecular formula is C9H11ClN4O2S. The van der Waals surface area contributed by atoms with Crippen LogP contribution in [0.3, 0.4) is 0 Å². The van der Waals surface area contributed by atoms with Crippen molar-refractivity contribution >= 4 is 27.9 Å². The number of imidazole rings is 1. The van der Waals surface area contributed by atoms with Gasteiger partial charge in [0.05, 0.1) is 23.1 Å². The molecule has 2 aromatic rings. The van der Waals surface area contributed by atoms with Crippen molar-refractivity contribution in [2.45, 2.75) is 25.1 Å². The summed E-state index contributed by atoms with van der Waals surface area (Å²) in [6.07, 6.45) is 2.93. The van der Waals surface area contributed by atoms with Crippen molar-refractivity contribution in [1.29, 1.82) is 0 Å². The Labute approximate surface area is 105 Å². The summed E-state index contributed by atoms with van der Waals surface area (Å²) in [4.78, 5) is 7.98. The van der Waals surface area contributed by atoms with Crippen LogP contribution < -0.4 is 4.74 Å². The summed E-state index contributed by atoms with van der Waals surface area (Å²) >= 11 is 5.93. The molecule has 0 bridgehead atoms. The Morgan fingerprint density at radius 1 is 1.53 bits per heavy atom. The van der Waals surface area contributed by atoms with Crippen molar-refractivity contribution in [1.82, 2.24) is 19.6 Å².